The van der Waals surface area contributed by atoms with Crippen LogP contribution in [0.1, 0.15) is 44.2 Å². The van der Waals surface area contributed by atoms with E-state index in [4.69, 9.17) is 0 Å². The fraction of sp³-hybridized carbons (Fsp3) is 0.625. The number of Topliss-reactive ketones (excluding diaryl/α,β-unsaturated/α-hetero) is 1. The molecule has 3 heteroatoms. The summed E-state index contributed by atoms with van der Waals surface area (Å²) in [5.41, 5.74) is 1.12. The number of pyridine rings is 1. The average molecular weight is 258 g/mol. The van der Waals surface area contributed by atoms with Crippen LogP contribution in [0.5, 0.6) is 0 Å². The number of carbonyl (C=O) groups excluding carboxylic acids is 1. The van der Waals surface area contributed by atoms with E-state index < -0.39 is 0 Å². The molecule has 1 saturated heterocycles. The predicted molar refractivity (Wildman–Crippen MR) is 74.6 cm³/mol. The Labute approximate surface area is 115 Å². The van der Waals surface area contributed by atoms with Crippen LogP contribution in [0.4, 0.5) is 0 Å². The lowest BCUT2D eigenvalue weighted by Crippen LogP contribution is -2.40. The van der Waals surface area contributed by atoms with Crippen LogP contribution < -0.4 is 0 Å². The fourth-order valence-corrected chi connectivity index (χ4v) is 3.62. The smallest absolute Gasteiger partial charge is 0.137 e. The van der Waals surface area contributed by atoms with E-state index in [0.717, 1.165) is 38.0 Å². The first-order valence-electron chi connectivity index (χ1n) is 7.51. The van der Waals surface area contributed by atoms with Crippen LogP contribution in [-0.2, 0) is 11.3 Å². The Morgan fingerprint density at radius 2 is 2.16 bits per heavy atom. The van der Waals surface area contributed by atoms with Gasteiger partial charge in [-0.25, -0.2) is 0 Å². The summed E-state index contributed by atoms with van der Waals surface area (Å²) in [4.78, 5) is 19.0. The maximum atomic E-state index is 12.1. The van der Waals surface area contributed by atoms with E-state index in [1.165, 1.54) is 19.3 Å². The van der Waals surface area contributed by atoms with Gasteiger partial charge in [-0.05, 0) is 44.4 Å². The first-order valence-corrected chi connectivity index (χ1v) is 7.51. The van der Waals surface area contributed by atoms with Crippen LogP contribution in [-0.4, -0.2) is 28.3 Å². The molecular formula is C16H22N2O. The molecule has 2 aliphatic rings. The van der Waals surface area contributed by atoms with E-state index >= 15 is 0 Å². The van der Waals surface area contributed by atoms with Crippen molar-refractivity contribution in [3.05, 3.63) is 30.1 Å². The summed E-state index contributed by atoms with van der Waals surface area (Å²) in [6.45, 7) is 2.01. The summed E-state index contributed by atoms with van der Waals surface area (Å²) in [6.07, 6.45) is 8.49. The van der Waals surface area contributed by atoms with Gasteiger partial charge in [-0.1, -0.05) is 12.5 Å². The summed E-state index contributed by atoms with van der Waals surface area (Å²) in [5.74, 6) is 0.795. The van der Waals surface area contributed by atoms with Gasteiger partial charge in [-0.2, -0.15) is 0 Å². The quantitative estimate of drug-likeness (QED) is 0.836. The molecule has 0 spiro atoms. The van der Waals surface area contributed by atoms with Gasteiger partial charge in [-0.3, -0.25) is 14.7 Å². The van der Waals surface area contributed by atoms with Crippen LogP contribution in [0.15, 0.2) is 24.4 Å². The Kier molecular flexibility index (Phi) is 3.92. The third-order valence-electron chi connectivity index (χ3n) is 4.57. The highest BCUT2D eigenvalue weighted by molar-refractivity contribution is 5.82. The van der Waals surface area contributed by atoms with Crippen LogP contribution in [0.3, 0.4) is 0 Å². The first kappa shape index (κ1) is 12.8. The van der Waals surface area contributed by atoms with Crippen molar-refractivity contribution in [3.63, 3.8) is 0 Å². The van der Waals surface area contributed by atoms with Gasteiger partial charge in [0.05, 0.1) is 5.69 Å². The molecule has 1 aliphatic heterocycles. The molecule has 1 aromatic heterocycles. The van der Waals surface area contributed by atoms with E-state index in [1.807, 2.05) is 18.3 Å². The third kappa shape index (κ3) is 2.86. The molecule has 0 N–H and O–H groups in total. The SMILES string of the molecule is O=C1CCCCC1C1CCCN1Cc1ccccn1. The second kappa shape index (κ2) is 5.83. The van der Waals surface area contributed by atoms with E-state index in [2.05, 4.69) is 16.0 Å². The number of carbonyl (C=O) groups is 1. The minimum Gasteiger partial charge on any atom is -0.299 e. The van der Waals surface area contributed by atoms with Gasteiger partial charge in [0.2, 0.25) is 0 Å². The van der Waals surface area contributed by atoms with Crippen molar-refractivity contribution in [3.8, 4) is 0 Å². The first-order chi connectivity index (χ1) is 9.34. The van der Waals surface area contributed by atoms with Crippen molar-refractivity contribution in [2.24, 2.45) is 5.92 Å². The standard InChI is InChI=1S/C16H22N2O/c19-16-9-2-1-7-14(16)15-8-5-11-18(15)12-13-6-3-4-10-17-13/h3-4,6,10,14-15H,1-2,5,7-9,11-12H2. The molecule has 2 unspecified atom stereocenters. The van der Waals surface area contributed by atoms with Gasteiger partial charge in [-0.15, -0.1) is 0 Å². The van der Waals surface area contributed by atoms with Gasteiger partial charge >= 0.3 is 0 Å². The van der Waals surface area contributed by atoms with Crippen LogP contribution in [0, 0.1) is 5.92 Å². The number of aromatic nitrogens is 1. The lowest BCUT2D eigenvalue weighted by Gasteiger charge is -2.32. The summed E-state index contributed by atoms with van der Waals surface area (Å²) < 4.78 is 0. The van der Waals surface area contributed by atoms with Gasteiger partial charge in [0, 0.05) is 31.1 Å². The van der Waals surface area contributed by atoms with Gasteiger partial charge < -0.3 is 0 Å². The molecular weight excluding hydrogens is 236 g/mol. The highest BCUT2D eigenvalue weighted by Crippen LogP contribution is 2.32. The molecule has 2 atom stereocenters. The number of hydrogen-bond donors (Lipinski definition) is 0. The second-order valence-electron chi connectivity index (χ2n) is 5.82. The summed E-state index contributed by atoms with van der Waals surface area (Å²) in [5, 5.41) is 0. The molecule has 1 saturated carbocycles. The van der Waals surface area contributed by atoms with Gasteiger partial charge in [0.25, 0.3) is 0 Å². The predicted octanol–water partition coefficient (Wildman–Crippen LogP) is 2.81. The maximum Gasteiger partial charge on any atom is 0.137 e. The zero-order valence-corrected chi connectivity index (χ0v) is 11.4. The molecule has 3 rings (SSSR count). The molecule has 2 heterocycles. The number of ketones is 1. The van der Waals surface area contributed by atoms with Crippen molar-refractivity contribution >= 4 is 5.78 Å². The Hall–Kier alpha value is -1.22. The third-order valence-corrected chi connectivity index (χ3v) is 4.57. The topological polar surface area (TPSA) is 33.2 Å². The number of rotatable bonds is 3. The monoisotopic (exact) mass is 258 g/mol. The van der Waals surface area contributed by atoms with Crippen molar-refractivity contribution in [1.29, 1.82) is 0 Å². The lowest BCUT2D eigenvalue weighted by molar-refractivity contribution is -0.126. The fourth-order valence-electron chi connectivity index (χ4n) is 3.62. The molecule has 2 fully saturated rings. The minimum atomic E-state index is 0.292. The lowest BCUT2D eigenvalue weighted by atomic mass is 9.82. The highest BCUT2D eigenvalue weighted by atomic mass is 16.1. The van der Waals surface area contributed by atoms with Crippen molar-refractivity contribution in [2.45, 2.75) is 51.1 Å². The Morgan fingerprint density at radius 3 is 2.95 bits per heavy atom. The molecule has 1 aromatic rings. The van der Waals surface area contributed by atoms with E-state index in [0.29, 0.717) is 17.7 Å². The zero-order valence-electron chi connectivity index (χ0n) is 11.4. The minimum absolute atomic E-state index is 0.292. The molecule has 0 bridgehead atoms. The summed E-state index contributed by atoms with van der Waals surface area (Å²) in [7, 11) is 0. The average Bonchev–Trinajstić information content (AvgIpc) is 2.88. The largest absolute Gasteiger partial charge is 0.299 e. The van der Waals surface area contributed by atoms with Crippen molar-refractivity contribution < 1.29 is 4.79 Å². The Bertz CT molecular complexity index is 432. The molecule has 19 heavy (non-hydrogen) atoms. The van der Waals surface area contributed by atoms with Crippen molar-refractivity contribution in [1.82, 2.24) is 9.88 Å². The molecule has 0 amide bonds. The molecule has 1 aliphatic carbocycles. The highest BCUT2D eigenvalue weighted by Gasteiger charge is 2.36. The van der Waals surface area contributed by atoms with Crippen molar-refractivity contribution in [2.75, 3.05) is 6.54 Å². The van der Waals surface area contributed by atoms with E-state index in [1.54, 1.807) is 0 Å². The van der Waals surface area contributed by atoms with Crippen LogP contribution in [0.2, 0.25) is 0 Å². The summed E-state index contributed by atoms with van der Waals surface area (Å²) in [6, 6.07) is 6.54. The number of hydrogen-bond acceptors (Lipinski definition) is 3. The normalized spacial score (nSPS) is 28.7. The Morgan fingerprint density at radius 1 is 1.21 bits per heavy atom. The van der Waals surface area contributed by atoms with Crippen LogP contribution >= 0.6 is 0 Å². The van der Waals surface area contributed by atoms with Gasteiger partial charge in [0.1, 0.15) is 5.78 Å². The zero-order chi connectivity index (χ0) is 13.1. The molecule has 0 aromatic carbocycles. The van der Waals surface area contributed by atoms with E-state index in [9.17, 15) is 4.79 Å². The molecule has 0 radical (unpaired) electrons. The number of likely N-dealkylation sites (tertiary alicyclic amines) is 1. The number of nitrogens with zero attached hydrogens (tertiary/aromatic N) is 2. The van der Waals surface area contributed by atoms with Gasteiger partial charge in [0.15, 0.2) is 0 Å². The Balaban J connectivity index is 1.69. The maximum absolute atomic E-state index is 12.1. The molecule has 102 valence electrons. The van der Waals surface area contributed by atoms with Crippen LogP contribution in [0.25, 0.3) is 0 Å². The van der Waals surface area contributed by atoms with E-state index in [-0.39, 0.29) is 0 Å². The summed E-state index contributed by atoms with van der Waals surface area (Å²) >= 11 is 0. The molecule has 3 nitrogen and oxygen atoms in total. The second-order valence-corrected chi connectivity index (χ2v) is 5.82.